The van der Waals surface area contributed by atoms with E-state index in [9.17, 15) is 8.78 Å². The molecule has 7 heteroatoms. The molecule has 4 aromatic rings. The predicted octanol–water partition coefficient (Wildman–Crippen LogP) is 4.21. The monoisotopic (exact) mass is 330 g/mol. The third-order valence-electron chi connectivity index (χ3n) is 3.64. The van der Waals surface area contributed by atoms with E-state index in [-0.39, 0.29) is 15.9 Å². The van der Waals surface area contributed by atoms with Crippen molar-refractivity contribution in [2.45, 2.75) is 6.92 Å². The van der Waals surface area contributed by atoms with Crippen molar-refractivity contribution in [3.05, 3.63) is 58.9 Å². The first-order chi connectivity index (χ1) is 11.1. The van der Waals surface area contributed by atoms with Gasteiger partial charge in [0.25, 0.3) is 0 Å². The number of benzene rings is 1. The highest BCUT2D eigenvalue weighted by atomic mass is 35.5. The Morgan fingerprint density at radius 1 is 1.09 bits per heavy atom. The average Bonchev–Trinajstić information content (AvgIpc) is 2.89. The zero-order chi connectivity index (χ0) is 16.1. The fourth-order valence-electron chi connectivity index (χ4n) is 2.60. The molecule has 0 fully saturated rings. The van der Waals surface area contributed by atoms with E-state index in [4.69, 9.17) is 11.6 Å². The van der Waals surface area contributed by atoms with Crippen molar-refractivity contribution in [1.82, 2.24) is 19.7 Å². The third kappa shape index (κ3) is 1.98. The molecule has 0 atom stereocenters. The smallest absolute Gasteiger partial charge is 0.169 e. The summed E-state index contributed by atoms with van der Waals surface area (Å²) in [5.41, 5.74) is 1.27. The van der Waals surface area contributed by atoms with Crippen LogP contribution in [-0.4, -0.2) is 19.7 Å². The Morgan fingerprint density at radius 2 is 1.91 bits per heavy atom. The van der Waals surface area contributed by atoms with Crippen LogP contribution < -0.4 is 0 Å². The van der Waals surface area contributed by atoms with Crippen LogP contribution in [0.3, 0.4) is 0 Å². The van der Waals surface area contributed by atoms with Crippen LogP contribution in [-0.2, 0) is 0 Å². The molecule has 23 heavy (non-hydrogen) atoms. The minimum Gasteiger partial charge on any atom is -0.237 e. The van der Waals surface area contributed by atoms with Gasteiger partial charge in [0.2, 0.25) is 0 Å². The summed E-state index contributed by atoms with van der Waals surface area (Å²) in [7, 11) is 0. The quantitative estimate of drug-likeness (QED) is 0.525. The van der Waals surface area contributed by atoms with Gasteiger partial charge in [-0.1, -0.05) is 17.7 Å². The van der Waals surface area contributed by atoms with Crippen molar-refractivity contribution in [2.24, 2.45) is 0 Å². The number of rotatable bonds is 1. The Labute approximate surface area is 134 Å². The molecule has 0 saturated carbocycles. The van der Waals surface area contributed by atoms with E-state index in [0.29, 0.717) is 22.5 Å². The maximum Gasteiger partial charge on any atom is 0.169 e. The van der Waals surface area contributed by atoms with Gasteiger partial charge in [-0.2, -0.15) is 9.78 Å². The molecule has 0 saturated heterocycles. The highest BCUT2D eigenvalue weighted by Gasteiger charge is 2.20. The Morgan fingerprint density at radius 3 is 2.65 bits per heavy atom. The van der Waals surface area contributed by atoms with Crippen LogP contribution in [0.2, 0.25) is 5.02 Å². The fraction of sp³-hybridized carbons (Fsp3) is 0.0625. The van der Waals surface area contributed by atoms with Crippen molar-refractivity contribution < 1.29 is 8.78 Å². The lowest BCUT2D eigenvalue weighted by atomic mass is 10.1. The Kier molecular flexibility index (Phi) is 3.02. The van der Waals surface area contributed by atoms with Crippen LogP contribution in [0.4, 0.5) is 8.78 Å². The number of hydrogen-bond acceptors (Lipinski definition) is 3. The zero-order valence-electron chi connectivity index (χ0n) is 11.9. The largest absolute Gasteiger partial charge is 0.237 e. The van der Waals surface area contributed by atoms with Gasteiger partial charge in [-0.05, 0) is 31.2 Å². The minimum atomic E-state index is -1.01. The topological polar surface area (TPSA) is 43.6 Å². The van der Waals surface area contributed by atoms with Gasteiger partial charge in [0.15, 0.2) is 23.1 Å². The van der Waals surface area contributed by atoms with Gasteiger partial charge in [0.1, 0.15) is 0 Å². The molecular formula is C16H9ClF2N4. The Bertz CT molecular complexity index is 1060. The third-order valence-corrected chi connectivity index (χ3v) is 4.02. The fourth-order valence-corrected chi connectivity index (χ4v) is 3.00. The van der Waals surface area contributed by atoms with Gasteiger partial charge in [-0.3, -0.25) is 0 Å². The van der Waals surface area contributed by atoms with Gasteiger partial charge in [-0.25, -0.2) is 18.7 Å². The van der Waals surface area contributed by atoms with E-state index < -0.39 is 11.6 Å². The molecule has 3 aromatic heterocycles. The molecule has 1 aromatic carbocycles. The van der Waals surface area contributed by atoms with Crippen LogP contribution >= 0.6 is 11.6 Å². The summed E-state index contributed by atoms with van der Waals surface area (Å²) in [6, 6.07) is 7.81. The van der Waals surface area contributed by atoms with Crippen molar-refractivity contribution in [2.75, 3.05) is 0 Å². The first kappa shape index (κ1) is 14.0. The lowest BCUT2D eigenvalue weighted by Gasteiger charge is -2.06. The second-order valence-electron chi connectivity index (χ2n) is 5.07. The lowest BCUT2D eigenvalue weighted by molar-refractivity contribution is 0.517. The summed E-state index contributed by atoms with van der Waals surface area (Å²) in [6.45, 7) is 1.73. The number of pyridine rings is 2. The average molecular weight is 331 g/mol. The molecule has 0 aliphatic rings. The first-order valence-corrected chi connectivity index (χ1v) is 7.19. The number of hydrogen-bond donors (Lipinski definition) is 0. The van der Waals surface area contributed by atoms with Gasteiger partial charge in [0.05, 0.1) is 27.0 Å². The Balaban J connectivity index is 2.17. The van der Waals surface area contributed by atoms with Crippen LogP contribution in [0.5, 0.6) is 0 Å². The number of aromatic nitrogens is 4. The zero-order valence-corrected chi connectivity index (χ0v) is 12.6. The van der Waals surface area contributed by atoms with E-state index >= 15 is 0 Å². The lowest BCUT2D eigenvalue weighted by Crippen LogP contribution is -2.00. The molecule has 0 radical (unpaired) electrons. The second-order valence-corrected chi connectivity index (χ2v) is 5.44. The van der Waals surface area contributed by atoms with E-state index in [1.54, 1.807) is 25.3 Å². The summed E-state index contributed by atoms with van der Waals surface area (Å²) in [5, 5.41) is 4.93. The maximum atomic E-state index is 14.1. The summed E-state index contributed by atoms with van der Waals surface area (Å²) >= 11 is 6.34. The summed E-state index contributed by atoms with van der Waals surface area (Å²) in [4.78, 5) is 8.64. The van der Waals surface area contributed by atoms with Gasteiger partial charge < -0.3 is 0 Å². The molecule has 0 spiro atoms. The van der Waals surface area contributed by atoms with Gasteiger partial charge >= 0.3 is 0 Å². The molecule has 3 heterocycles. The highest BCUT2D eigenvalue weighted by molar-refractivity contribution is 6.40. The molecule has 114 valence electrons. The molecule has 0 N–H and O–H groups in total. The summed E-state index contributed by atoms with van der Waals surface area (Å²) in [5.74, 6) is -1.40. The number of nitrogens with zero attached hydrogens (tertiary/aromatic N) is 4. The van der Waals surface area contributed by atoms with E-state index in [0.717, 1.165) is 6.07 Å². The number of fused-ring (bicyclic) bond motifs is 2. The van der Waals surface area contributed by atoms with Crippen LogP contribution in [0.15, 0.2) is 36.5 Å². The molecule has 0 bridgehead atoms. The SMILES string of the molecule is Cc1nn(-c2ccccn2)c2nc3ccc(F)c(F)c3c(Cl)c12. The molecule has 0 unspecified atom stereocenters. The molecule has 0 amide bonds. The molecule has 4 nitrogen and oxygen atoms in total. The standard InChI is InChI=1S/C16H9ClF2N4/c1-8-12-14(17)13-10(6-5-9(18)15(13)19)21-16(12)23(22-8)11-4-2-3-7-20-11/h2-7H,1H3. The van der Waals surface area contributed by atoms with E-state index in [2.05, 4.69) is 15.1 Å². The number of halogens is 3. The van der Waals surface area contributed by atoms with Crippen LogP contribution in [0.1, 0.15) is 5.69 Å². The maximum absolute atomic E-state index is 14.1. The van der Waals surface area contributed by atoms with Crippen molar-refractivity contribution >= 4 is 33.5 Å². The first-order valence-electron chi connectivity index (χ1n) is 6.82. The van der Waals surface area contributed by atoms with Gasteiger partial charge in [-0.15, -0.1) is 0 Å². The molecule has 4 rings (SSSR count). The normalized spacial score (nSPS) is 11.5. The second kappa shape index (κ2) is 4.96. The van der Waals surface area contributed by atoms with Crippen LogP contribution in [0, 0.1) is 18.6 Å². The van der Waals surface area contributed by atoms with E-state index in [1.165, 1.54) is 10.7 Å². The van der Waals surface area contributed by atoms with Crippen molar-refractivity contribution in [3.8, 4) is 5.82 Å². The highest BCUT2D eigenvalue weighted by Crippen LogP contribution is 2.35. The molecule has 0 aliphatic heterocycles. The number of aryl methyl sites for hydroxylation is 1. The van der Waals surface area contributed by atoms with E-state index in [1.807, 2.05) is 6.07 Å². The predicted molar refractivity (Wildman–Crippen MR) is 83.8 cm³/mol. The van der Waals surface area contributed by atoms with Crippen molar-refractivity contribution in [3.63, 3.8) is 0 Å². The summed E-state index contributed by atoms with van der Waals surface area (Å²) in [6.07, 6.45) is 1.63. The molecule has 0 aliphatic carbocycles. The molecular weight excluding hydrogens is 322 g/mol. The summed E-state index contributed by atoms with van der Waals surface area (Å²) < 4.78 is 29.2. The van der Waals surface area contributed by atoms with Crippen LogP contribution in [0.25, 0.3) is 27.8 Å². The Hall–Kier alpha value is -2.60. The van der Waals surface area contributed by atoms with Gasteiger partial charge in [0, 0.05) is 6.20 Å². The minimum absolute atomic E-state index is 0.0390. The van der Waals surface area contributed by atoms with Crippen molar-refractivity contribution in [1.29, 1.82) is 0 Å².